The van der Waals surface area contributed by atoms with Gasteiger partial charge in [-0.3, -0.25) is 9.10 Å². The molecule has 0 saturated carbocycles. The maximum atomic E-state index is 12.2. The number of hydrogen-bond donors (Lipinski definition) is 1. The van der Waals surface area contributed by atoms with E-state index < -0.39 is 16.0 Å². The summed E-state index contributed by atoms with van der Waals surface area (Å²) in [7, 11) is -2.32. The molecule has 1 aromatic rings. The van der Waals surface area contributed by atoms with Crippen molar-refractivity contribution in [2.75, 3.05) is 29.4 Å². The second kappa shape index (κ2) is 6.42. The van der Waals surface area contributed by atoms with Gasteiger partial charge in [0.1, 0.15) is 0 Å². The fourth-order valence-electron chi connectivity index (χ4n) is 1.61. The first kappa shape index (κ1) is 15.3. The van der Waals surface area contributed by atoms with Crippen LogP contribution in [0.4, 0.5) is 11.4 Å². The smallest absolute Gasteiger partial charge is 0.306 e. The molecule has 106 valence electrons. The first-order valence-electron chi connectivity index (χ1n) is 5.83. The van der Waals surface area contributed by atoms with Gasteiger partial charge < -0.3 is 10.5 Å². The standard InChI is InChI=1S/C12H18N2O4S/c1-3-14(11-6-4-10(13)5-7-11)19(16,17)9-8-12(15)18-2/h4-7H,3,8-9,13H2,1-2H3. The zero-order valence-electron chi connectivity index (χ0n) is 11.0. The average Bonchev–Trinajstić information content (AvgIpc) is 2.39. The summed E-state index contributed by atoms with van der Waals surface area (Å²) in [6, 6.07) is 6.53. The minimum atomic E-state index is -3.55. The van der Waals surface area contributed by atoms with Gasteiger partial charge in [0.2, 0.25) is 10.0 Å². The number of nitrogens with two attached hydrogens (primary N) is 1. The van der Waals surface area contributed by atoms with Crippen LogP contribution in [-0.2, 0) is 19.6 Å². The number of ether oxygens (including phenoxy) is 1. The molecule has 0 atom stereocenters. The maximum absolute atomic E-state index is 12.2. The van der Waals surface area contributed by atoms with Gasteiger partial charge in [0.25, 0.3) is 0 Å². The number of nitrogens with zero attached hydrogens (tertiary/aromatic N) is 1. The van der Waals surface area contributed by atoms with Crippen LogP contribution in [0.15, 0.2) is 24.3 Å². The largest absolute Gasteiger partial charge is 0.469 e. The van der Waals surface area contributed by atoms with E-state index in [2.05, 4.69) is 4.74 Å². The van der Waals surface area contributed by atoms with E-state index in [0.717, 1.165) is 0 Å². The van der Waals surface area contributed by atoms with Crippen LogP contribution in [0.1, 0.15) is 13.3 Å². The van der Waals surface area contributed by atoms with Gasteiger partial charge in [0, 0.05) is 12.2 Å². The molecule has 0 fully saturated rings. The van der Waals surface area contributed by atoms with Gasteiger partial charge in [-0.15, -0.1) is 0 Å². The van der Waals surface area contributed by atoms with Gasteiger partial charge in [-0.2, -0.15) is 0 Å². The highest BCUT2D eigenvalue weighted by molar-refractivity contribution is 7.92. The molecule has 2 N–H and O–H groups in total. The van der Waals surface area contributed by atoms with Crippen molar-refractivity contribution in [1.82, 2.24) is 0 Å². The van der Waals surface area contributed by atoms with Gasteiger partial charge in [-0.1, -0.05) is 0 Å². The Morgan fingerprint density at radius 2 is 1.89 bits per heavy atom. The van der Waals surface area contributed by atoms with Crippen LogP contribution in [-0.4, -0.2) is 33.8 Å². The highest BCUT2D eigenvalue weighted by atomic mass is 32.2. The van der Waals surface area contributed by atoms with Crippen molar-refractivity contribution in [3.05, 3.63) is 24.3 Å². The third kappa shape index (κ3) is 4.13. The van der Waals surface area contributed by atoms with Crippen molar-refractivity contribution in [3.63, 3.8) is 0 Å². The molecular formula is C12H18N2O4S. The molecule has 0 unspecified atom stereocenters. The van der Waals surface area contributed by atoms with Crippen molar-refractivity contribution in [2.24, 2.45) is 0 Å². The maximum Gasteiger partial charge on any atom is 0.306 e. The predicted molar refractivity (Wildman–Crippen MR) is 74.3 cm³/mol. The number of sulfonamides is 1. The lowest BCUT2D eigenvalue weighted by atomic mass is 10.3. The minimum absolute atomic E-state index is 0.162. The molecule has 1 aromatic carbocycles. The lowest BCUT2D eigenvalue weighted by Gasteiger charge is -2.22. The second-order valence-electron chi connectivity index (χ2n) is 3.90. The van der Waals surface area contributed by atoms with Crippen molar-refractivity contribution < 1.29 is 17.9 Å². The van der Waals surface area contributed by atoms with E-state index in [9.17, 15) is 13.2 Å². The van der Waals surface area contributed by atoms with E-state index in [1.807, 2.05) is 0 Å². The normalized spacial score (nSPS) is 11.1. The van der Waals surface area contributed by atoms with Crippen molar-refractivity contribution in [1.29, 1.82) is 0 Å². The summed E-state index contributed by atoms with van der Waals surface area (Å²) in [5.41, 5.74) is 6.66. The highest BCUT2D eigenvalue weighted by Gasteiger charge is 2.22. The van der Waals surface area contributed by atoms with Crippen molar-refractivity contribution in [3.8, 4) is 0 Å². The van der Waals surface area contributed by atoms with Crippen LogP contribution in [0, 0.1) is 0 Å². The second-order valence-corrected chi connectivity index (χ2v) is 5.91. The Labute approximate surface area is 113 Å². The molecule has 0 aliphatic rings. The third-order valence-electron chi connectivity index (χ3n) is 2.60. The first-order valence-corrected chi connectivity index (χ1v) is 7.44. The molecule has 19 heavy (non-hydrogen) atoms. The molecule has 0 heterocycles. The van der Waals surface area contributed by atoms with Crippen LogP contribution < -0.4 is 10.0 Å². The van der Waals surface area contributed by atoms with Crippen molar-refractivity contribution in [2.45, 2.75) is 13.3 Å². The SMILES string of the molecule is CCN(c1ccc(N)cc1)S(=O)(=O)CCC(=O)OC. The van der Waals surface area contributed by atoms with E-state index >= 15 is 0 Å². The summed E-state index contributed by atoms with van der Waals surface area (Å²) in [4.78, 5) is 11.0. The monoisotopic (exact) mass is 286 g/mol. The Bertz CT molecular complexity index is 525. The molecule has 0 aliphatic heterocycles. The summed E-state index contributed by atoms with van der Waals surface area (Å²) in [6.45, 7) is 2.01. The molecule has 0 aliphatic carbocycles. The quantitative estimate of drug-likeness (QED) is 0.622. The Morgan fingerprint density at radius 1 is 1.32 bits per heavy atom. The number of carbonyl (C=O) groups excluding carboxylic acids is 1. The molecule has 0 aromatic heterocycles. The average molecular weight is 286 g/mol. The molecule has 0 saturated heterocycles. The Balaban J connectivity index is 2.89. The molecule has 6 nitrogen and oxygen atoms in total. The molecule has 0 radical (unpaired) electrons. The molecule has 0 spiro atoms. The minimum Gasteiger partial charge on any atom is -0.469 e. The molecule has 1 rings (SSSR count). The van der Waals surface area contributed by atoms with Gasteiger partial charge >= 0.3 is 5.97 Å². The summed E-state index contributed by atoms with van der Waals surface area (Å²) >= 11 is 0. The number of benzene rings is 1. The summed E-state index contributed by atoms with van der Waals surface area (Å²) in [5.74, 6) is -0.824. The third-order valence-corrected chi connectivity index (χ3v) is 4.46. The Morgan fingerprint density at radius 3 is 2.37 bits per heavy atom. The lowest BCUT2D eigenvalue weighted by Crippen LogP contribution is -2.33. The fraction of sp³-hybridized carbons (Fsp3) is 0.417. The van der Waals surface area contributed by atoms with Crippen LogP contribution in [0.25, 0.3) is 0 Å². The molecular weight excluding hydrogens is 268 g/mol. The number of rotatable bonds is 6. The van der Waals surface area contributed by atoms with E-state index in [-0.39, 0.29) is 18.7 Å². The van der Waals surface area contributed by atoms with E-state index in [4.69, 9.17) is 5.73 Å². The molecule has 7 heteroatoms. The number of anilines is 2. The van der Waals surface area contributed by atoms with Crippen molar-refractivity contribution >= 4 is 27.4 Å². The van der Waals surface area contributed by atoms with E-state index in [1.165, 1.54) is 11.4 Å². The van der Waals surface area contributed by atoms with Gasteiger partial charge in [-0.25, -0.2) is 8.42 Å². The number of hydrogen-bond acceptors (Lipinski definition) is 5. The van der Waals surface area contributed by atoms with Gasteiger partial charge in [-0.05, 0) is 31.2 Å². The lowest BCUT2D eigenvalue weighted by molar-refractivity contribution is -0.140. The number of nitrogen functional groups attached to an aromatic ring is 1. The summed E-state index contributed by atoms with van der Waals surface area (Å²) in [5, 5.41) is 0. The number of carbonyl (C=O) groups is 1. The fourth-order valence-corrected chi connectivity index (χ4v) is 3.09. The first-order chi connectivity index (χ1) is 8.90. The van der Waals surface area contributed by atoms with Crippen LogP contribution in [0.3, 0.4) is 0 Å². The topological polar surface area (TPSA) is 89.7 Å². The zero-order chi connectivity index (χ0) is 14.5. The summed E-state index contributed by atoms with van der Waals surface area (Å²) < 4.78 is 30.0. The Hall–Kier alpha value is -1.76. The van der Waals surface area contributed by atoms with Crippen LogP contribution >= 0.6 is 0 Å². The van der Waals surface area contributed by atoms with Gasteiger partial charge in [0.05, 0.1) is 25.0 Å². The van der Waals surface area contributed by atoms with E-state index in [1.54, 1.807) is 31.2 Å². The number of esters is 1. The number of methoxy groups -OCH3 is 1. The zero-order valence-corrected chi connectivity index (χ0v) is 11.8. The summed E-state index contributed by atoms with van der Waals surface area (Å²) in [6.07, 6.45) is -0.162. The van der Waals surface area contributed by atoms with Crippen LogP contribution in [0.5, 0.6) is 0 Å². The predicted octanol–water partition coefficient (Wildman–Crippen LogP) is 0.988. The molecule has 0 bridgehead atoms. The Kier molecular flexibility index (Phi) is 5.17. The highest BCUT2D eigenvalue weighted by Crippen LogP contribution is 2.20. The van der Waals surface area contributed by atoms with Crippen LogP contribution in [0.2, 0.25) is 0 Å². The molecule has 0 amide bonds. The van der Waals surface area contributed by atoms with Gasteiger partial charge in [0.15, 0.2) is 0 Å². The van der Waals surface area contributed by atoms with E-state index in [0.29, 0.717) is 11.4 Å².